The molecule has 4 rings (SSSR count). The zero-order valence-corrected chi connectivity index (χ0v) is 21.1. The third-order valence-electron chi connectivity index (χ3n) is 6.56. The van der Waals surface area contributed by atoms with Gasteiger partial charge in [-0.25, -0.2) is 13.8 Å². The molecule has 1 aliphatic carbocycles. The lowest BCUT2D eigenvalue weighted by molar-refractivity contribution is -0.119. The summed E-state index contributed by atoms with van der Waals surface area (Å²) in [6.07, 6.45) is 7.45. The first-order valence-corrected chi connectivity index (χ1v) is 13.6. The van der Waals surface area contributed by atoms with E-state index in [1.165, 1.54) is 22.7 Å². The molecule has 1 saturated carbocycles. The Morgan fingerprint density at radius 1 is 1.18 bits per heavy atom. The number of Topliss-reactive ketones (excluding diaryl/α,β-unsaturated/α-hetero) is 1. The topological polar surface area (TPSA) is 88.4 Å². The highest BCUT2D eigenvalue weighted by Crippen LogP contribution is 2.34. The van der Waals surface area contributed by atoms with Crippen molar-refractivity contribution in [1.29, 1.82) is 0 Å². The zero-order chi connectivity index (χ0) is 24.1. The van der Waals surface area contributed by atoms with Crippen LogP contribution < -0.4 is 4.74 Å². The molecule has 34 heavy (non-hydrogen) atoms. The standard InChI is InChI=1S/C23H32F2N4O3S2/c1-23(24,25)14-32-22-26-18-12-29(9-7-19(18)33-22)8-6-15-2-4-16(5-3-15)10-17(31)11-20-27-28-21(13-30)34-20/h15-16,30H,2-14H2,1H3. The van der Waals surface area contributed by atoms with Crippen LogP contribution in [0.4, 0.5) is 8.78 Å². The van der Waals surface area contributed by atoms with Crippen LogP contribution in [0.2, 0.25) is 0 Å². The Morgan fingerprint density at radius 2 is 1.91 bits per heavy atom. The van der Waals surface area contributed by atoms with E-state index in [0.717, 1.165) is 75.7 Å². The second kappa shape index (κ2) is 11.5. The molecule has 0 amide bonds. The predicted molar refractivity (Wildman–Crippen MR) is 126 cm³/mol. The number of hydrogen-bond acceptors (Lipinski definition) is 9. The summed E-state index contributed by atoms with van der Waals surface area (Å²) in [7, 11) is 0. The lowest BCUT2D eigenvalue weighted by Crippen LogP contribution is -2.32. The molecule has 0 aromatic carbocycles. The summed E-state index contributed by atoms with van der Waals surface area (Å²) in [4.78, 5) is 20.4. The molecule has 2 aromatic rings. The number of fused-ring (bicyclic) bond motifs is 1. The van der Waals surface area contributed by atoms with Crippen molar-refractivity contribution in [3.63, 3.8) is 0 Å². The summed E-state index contributed by atoms with van der Waals surface area (Å²) in [6, 6.07) is 0. The highest BCUT2D eigenvalue weighted by atomic mass is 32.1. The lowest BCUT2D eigenvalue weighted by Gasteiger charge is -2.31. The summed E-state index contributed by atoms with van der Waals surface area (Å²) in [5.74, 6) is -1.50. The Morgan fingerprint density at radius 3 is 2.62 bits per heavy atom. The van der Waals surface area contributed by atoms with Gasteiger partial charge in [0.1, 0.15) is 15.8 Å². The smallest absolute Gasteiger partial charge is 0.278 e. The molecular formula is C23H32F2N4O3S2. The van der Waals surface area contributed by atoms with Crippen molar-refractivity contribution in [2.45, 2.75) is 77.4 Å². The van der Waals surface area contributed by atoms with E-state index in [-0.39, 0.29) is 12.4 Å². The van der Waals surface area contributed by atoms with E-state index in [2.05, 4.69) is 20.1 Å². The van der Waals surface area contributed by atoms with Gasteiger partial charge in [0.05, 0.1) is 18.7 Å². The third kappa shape index (κ3) is 7.47. The molecule has 2 aromatic heterocycles. The highest BCUT2D eigenvalue weighted by Gasteiger charge is 2.27. The summed E-state index contributed by atoms with van der Waals surface area (Å²) in [5.41, 5.74) is 0.967. The molecule has 3 heterocycles. The number of carbonyl (C=O) groups is 1. The van der Waals surface area contributed by atoms with Crippen LogP contribution in [-0.2, 0) is 30.8 Å². The Bertz CT molecular complexity index is 954. The number of ether oxygens (including phenoxy) is 1. The van der Waals surface area contributed by atoms with Crippen molar-refractivity contribution in [2.75, 3.05) is 19.7 Å². The van der Waals surface area contributed by atoms with Crippen molar-refractivity contribution < 1.29 is 23.4 Å². The average molecular weight is 515 g/mol. The Labute approximate surface area is 206 Å². The molecule has 0 atom stereocenters. The van der Waals surface area contributed by atoms with E-state index in [0.29, 0.717) is 39.9 Å². The zero-order valence-electron chi connectivity index (χ0n) is 19.5. The van der Waals surface area contributed by atoms with Gasteiger partial charge < -0.3 is 9.84 Å². The van der Waals surface area contributed by atoms with Gasteiger partial charge in [-0.2, -0.15) is 0 Å². The molecule has 0 radical (unpaired) electrons. The number of ketones is 1. The maximum atomic E-state index is 13.0. The number of halogens is 2. The van der Waals surface area contributed by atoms with Crippen molar-refractivity contribution in [3.8, 4) is 5.19 Å². The number of thiazole rings is 1. The molecule has 1 aliphatic heterocycles. The minimum Gasteiger partial charge on any atom is -0.464 e. The van der Waals surface area contributed by atoms with Crippen molar-refractivity contribution in [1.82, 2.24) is 20.1 Å². The molecule has 0 spiro atoms. The molecular weight excluding hydrogens is 482 g/mol. The van der Waals surface area contributed by atoms with Gasteiger partial charge in [-0.15, -0.1) is 10.2 Å². The Balaban J connectivity index is 1.14. The minimum absolute atomic E-state index is 0.131. The van der Waals surface area contributed by atoms with Crippen LogP contribution in [0.15, 0.2) is 0 Å². The molecule has 0 bridgehead atoms. The largest absolute Gasteiger partial charge is 0.464 e. The van der Waals surface area contributed by atoms with E-state index >= 15 is 0 Å². The fourth-order valence-corrected chi connectivity index (χ4v) is 6.38. The second-order valence-electron chi connectivity index (χ2n) is 9.58. The number of alkyl halides is 2. The van der Waals surface area contributed by atoms with Gasteiger partial charge in [0.15, 0.2) is 6.61 Å². The average Bonchev–Trinajstić information content (AvgIpc) is 3.42. The van der Waals surface area contributed by atoms with Crippen LogP contribution in [0.1, 0.15) is 66.0 Å². The molecule has 0 unspecified atom stereocenters. The van der Waals surface area contributed by atoms with Gasteiger partial charge in [-0.3, -0.25) is 9.69 Å². The van der Waals surface area contributed by atoms with Gasteiger partial charge in [-0.05, 0) is 44.1 Å². The predicted octanol–water partition coefficient (Wildman–Crippen LogP) is 4.28. The van der Waals surface area contributed by atoms with E-state index in [1.807, 2.05) is 0 Å². The van der Waals surface area contributed by atoms with Crippen LogP contribution in [0.5, 0.6) is 5.19 Å². The minimum atomic E-state index is -2.85. The fraction of sp³-hybridized carbons (Fsp3) is 0.739. The van der Waals surface area contributed by atoms with Crippen LogP contribution in [0, 0.1) is 11.8 Å². The first-order chi connectivity index (χ1) is 16.3. The number of rotatable bonds is 11. The summed E-state index contributed by atoms with van der Waals surface area (Å²) < 4.78 is 31.3. The quantitative estimate of drug-likeness (QED) is 0.479. The number of hydrogen-bond donors (Lipinski definition) is 1. The molecule has 11 heteroatoms. The second-order valence-corrected chi connectivity index (χ2v) is 11.8. The van der Waals surface area contributed by atoms with Crippen molar-refractivity contribution in [2.24, 2.45) is 11.8 Å². The molecule has 0 saturated heterocycles. The molecule has 188 valence electrons. The van der Waals surface area contributed by atoms with E-state index in [4.69, 9.17) is 9.84 Å². The van der Waals surface area contributed by atoms with Gasteiger partial charge in [0.25, 0.3) is 11.1 Å². The van der Waals surface area contributed by atoms with Crippen molar-refractivity contribution in [3.05, 3.63) is 20.6 Å². The van der Waals surface area contributed by atoms with Gasteiger partial charge in [0.2, 0.25) is 0 Å². The Hall–Kier alpha value is -1.56. The van der Waals surface area contributed by atoms with Crippen LogP contribution in [0.25, 0.3) is 0 Å². The molecule has 1 fully saturated rings. The number of nitrogens with zero attached hydrogens (tertiary/aromatic N) is 4. The SMILES string of the molecule is CC(F)(F)COc1nc2c(s1)CCN(CCC1CCC(CC(=O)Cc3nnc(CO)s3)CC1)C2. The summed E-state index contributed by atoms with van der Waals surface area (Å²) in [5, 5.41) is 18.5. The normalized spacial score (nSPS) is 21.4. The molecule has 7 nitrogen and oxygen atoms in total. The van der Waals surface area contributed by atoms with E-state index < -0.39 is 12.5 Å². The summed E-state index contributed by atoms with van der Waals surface area (Å²) >= 11 is 2.70. The number of aromatic nitrogens is 3. The number of carbonyl (C=O) groups excluding carboxylic acids is 1. The third-order valence-corrected chi connectivity index (χ3v) is 8.54. The Kier molecular flexibility index (Phi) is 8.60. The maximum absolute atomic E-state index is 13.0. The molecule has 2 aliphatic rings. The first-order valence-electron chi connectivity index (χ1n) is 11.9. The lowest BCUT2D eigenvalue weighted by atomic mass is 9.78. The first kappa shape index (κ1) is 25.5. The fourth-order valence-electron chi connectivity index (χ4n) is 4.75. The monoisotopic (exact) mass is 514 g/mol. The van der Waals surface area contributed by atoms with Crippen LogP contribution in [-0.4, -0.2) is 56.6 Å². The molecule has 1 N–H and O–H groups in total. The summed E-state index contributed by atoms with van der Waals surface area (Å²) in [6.45, 7) is 2.82. The van der Waals surface area contributed by atoms with Gasteiger partial charge >= 0.3 is 0 Å². The van der Waals surface area contributed by atoms with Crippen LogP contribution >= 0.6 is 22.7 Å². The maximum Gasteiger partial charge on any atom is 0.278 e. The van der Waals surface area contributed by atoms with Crippen LogP contribution in [0.3, 0.4) is 0 Å². The van der Waals surface area contributed by atoms with Gasteiger partial charge in [0, 0.05) is 31.3 Å². The van der Waals surface area contributed by atoms with E-state index in [1.54, 1.807) is 0 Å². The number of aliphatic hydroxyl groups excluding tert-OH is 1. The van der Waals surface area contributed by atoms with Gasteiger partial charge in [-0.1, -0.05) is 35.5 Å². The number of aliphatic hydroxyl groups is 1. The van der Waals surface area contributed by atoms with Crippen molar-refractivity contribution >= 4 is 28.5 Å². The van der Waals surface area contributed by atoms with E-state index in [9.17, 15) is 13.6 Å². The highest BCUT2D eigenvalue weighted by molar-refractivity contribution is 7.13.